The van der Waals surface area contributed by atoms with E-state index in [1.807, 2.05) is 0 Å². The molecule has 1 aromatic heterocycles. The zero-order chi connectivity index (χ0) is 13.9. The Morgan fingerprint density at radius 2 is 2.21 bits per heavy atom. The lowest BCUT2D eigenvalue weighted by Gasteiger charge is -2.40. The van der Waals surface area contributed by atoms with Gasteiger partial charge in [-0.2, -0.15) is 0 Å². The summed E-state index contributed by atoms with van der Waals surface area (Å²) in [5.41, 5.74) is 0.0184. The van der Waals surface area contributed by atoms with Crippen LogP contribution in [0.2, 0.25) is 5.02 Å². The Balaban J connectivity index is 1.97. The summed E-state index contributed by atoms with van der Waals surface area (Å²) < 4.78 is 0. The average molecular weight is 283 g/mol. The molecule has 1 amide bonds. The van der Waals surface area contributed by atoms with Crippen LogP contribution in [0.3, 0.4) is 0 Å². The van der Waals surface area contributed by atoms with Crippen LogP contribution in [0.1, 0.15) is 36.0 Å². The van der Waals surface area contributed by atoms with Gasteiger partial charge in [-0.3, -0.25) is 14.6 Å². The van der Waals surface area contributed by atoms with E-state index in [-0.39, 0.29) is 17.7 Å². The first-order valence-electron chi connectivity index (χ1n) is 6.12. The van der Waals surface area contributed by atoms with Gasteiger partial charge in [-0.1, -0.05) is 18.0 Å². The Morgan fingerprint density at radius 3 is 2.74 bits per heavy atom. The molecule has 1 saturated carbocycles. The molecule has 5 nitrogen and oxygen atoms in total. The fourth-order valence-electron chi connectivity index (χ4n) is 2.32. The molecule has 6 heteroatoms. The predicted molar refractivity (Wildman–Crippen MR) is 70.1 cm³/mol. The van der Waals surface area contributed by atoms with Crippen molar-refractivity contribution in [3.63, 3.8) is 0 Å². The van der Waals surface area contributed by atoms with Gasteiger partial charge in [-0.25, -0.2) is 0 Å². The van der Waals surface area contributed by atoms with E-state index in [1.54, 1.807) is 6.07 Å². The zero-order valence-electron chi connectivity index (χ0n) is 10.4. The van der Waals surface area contributed by atoms with Crippen LogP contribution in [-0.2, 0) is 4.79 Å². The number of carbonyl (C=O) groups excluding carboxylic acids is 1. The molecule has 0 unspecified atom stereocenters. The number of carboxylic acids is 1. The van der Waals surface area contributed by atoms with Gasteiger partial charge in [0.1, 0.15) is 0 Å². The molecule has 0 atom stereocenters. The van der Waals surface area contributed by atoms with Gasteiger partial charge in [0.05, 0.1) is 17.0 Å². The number of nitrogens with zero attached hydrogens (tertiary/aromatic N) is 1. The van der Waals surface area contributed by atoms with Gasteiger partial charge in [0.25, 0.3) is 5.91 Å². The number of pyridine rings is 1. The molecule has 102 valence electrons. The number of aromatic nitrogens is 1. The van der Waals surface area contributed by atoms with Gasteiger partial charge in [0.15, 0.2) is 0 Å². The van der Waals surface area contributed by atoms with E-state index in [1.165, 1.54) is 12.4 Å². The van der Waals surface area contributed by atoms with Crippen LogP contribution in [0.15, 0.2) is 18.5 Å². The van der Waals surface area contributed by atoms with Crippen LogP contribution >= 0.6 is 11.6 Å². The lowest BCUT2D eigenvalue weighted by Crippen LogP contribution is -2.43. The second kappa shape index (κ2) is 5.57. The summed E-state index contributed by atoms with van der Waals surface area (Å²) in [6.07, 6.45) is 5.69. The van der Waals surface area contributed by atoms with Crippen molar-refractivity contribution in [2.45, 2.75) is 25.7 Å². The van der Waals surface area contributed by atoms with Crippen LogP contribution in [0.4, 0.5) is 0 Å². The van der Waals surface area contributed by atoms with Crippen LogP contribution < -0.4 is 5.32 Å². The maximum Gasteiger partial charge on any atom is 0.303 e. The minimum Gasteiger partial charge on any atom is -0.481 e. The van der Waals surface area contributed by atoms with Crippen LogP contribution in [-0.4, -0.2) is 28.5 Å². The normalized spacial score (nSPS) is 16.5. The molecule has 2 N–H and O–H groups in total. The maximum atomic E-state index is 12.0. The number of hydrogen-bond acceptors (Lipinski definition) is 3. The maximum absolute atomic E-state index is 12.0. The Labute approximate surface area is 116 Å². The van der Waals surface area contributed by atoms with Crippen molar-refractivity contribution in [3.05, 3.63) is 29.0 Å². The third-order valence-corrected chi connectivity index (χ3v) is 3.91. The molecule has 0 aromatic carbocycles. The molecular formula is C13H15ClN2O3. The summed E-state index contributed by atoms with van der Waals surface area (Å²) >= 11 is 5.91. The van der Waals surface area contributed by atoms with Crippen molar-refractivity contribution in [1.82, 2.24) is 10.3 Å². The number of carboxylic acid groups (broad SMARTS) is 1. The smallest absolute Gasteiger partial charge is 0.303 e. The Hall–Kier alpha value is -1.62. The van der Waals surface area contributed by atoms with Gasteiger partial charge in [-0.05, 0) is 24.3 Å². The van der Waals surface area contributed by atoms with E-state index in [0.29, 0.717) is 17.1 Å². The molecule has 0 spiro atoms. The highest BCUT2D eigenvalue weighted by molar-refractivity contribution is 6.33. The second-order valence-corrected chi connectivity index (χ2v) is 5.37. The molecule has 0 radical (unpaired) electrons. The van der Waals surface area contributed by atoms with Gasteiger partial charge >= 0.3 is 5.97 Å². The SMILES string of the molecule is O=C(O)CC1(CNC(=O)c2cnccc2Cl)CCC1. The largest absolute Gasteiger partial charge is 0.481 e. The number of aliphatic carboxylic acids is 1. The first-order valence-corrected chi connectivity index (χ1v) is 6.50. The molecule has 1 fully saturated rings. The summed E-state index contributed by atoms with van der Waals surface area (Å²) in [5, 5.41) is 12.0. The molecular weight excluding hydrogens is 268 g/mol. The lowest BCUT2D eigenvalue weighted by atomic mass is 9.66. The summed E-state index contributed by atoms with van der Waals surface area (Å²) in [4.78, 5) is 26.6. The second-order valence-electron chi connectivity index (χ2n) is 4.96. The van der Waals surface area contributed by atoms with Crippen molar-refractivity contribution in [1.29, 1.82) is 0 Å². The van der Waals surface area contributed by atoms with Crippen LogP contribution in [0.5, 0.6) is 0 Å². The number of carbonyl (C=O) groups is 2. The zero-order valence-corrected chi connectivity index (χ0v) is 11.1. The van der Waals surface area contributed by atoms with E-state index in [4.69, 9.17) is 16.7 Å². The molecule has 1 aromatic rings. The van der Waals surface area contributed by atoms with Crippen molar-refractivity contribution in [2.75, 3.05) is 6.54 Å². The summed E-state index contributed by atoms with van der Waals surface area (Å²) in [6, 6.07) is 1.55. The molecule has 1 aliphatic rings. The Kier molecular flexibility index (Phi) is 4.04. The Bertz CT molecular complexity index is 500. The first-order chi connectivity index (χ1) is 9.02. The van der Waals surface area contributed by atoms with E-state index in [0.717, 1.165) is 19.3 Å². The summed E-state index contributed by atoms with van der Waals surface area (Å²) in [7, 11) is 0. The van der Waals surface area contributed by atoms with Crippen molar-refractivity contribution in [3.8, 4) is 0 Å². The van der Waals surface area contributed by atoms with E-state index < -0.39 is 5.97 Å². The van der Waals surface area contributed by atoms with Crippen molar-refractivity contribution < 1.29 is 14.7 Å². The number of nitrogens with one attached hydrogen (secondary N) is 1. The number of rotatable bonds is 5. The van der Waals surface area contributed by atoms with Crippen LogP contribution in [0, 0.1) is 5.41 Å². The minimum atomic E-state index is -0.826. The van der Waals surface area contributed by atoms with E-state index in [2.05, 4.69) is 10.3 Å². The molecule has 0 aliphatic heterocycles. The van der Waals surface area contributed by atoms with Gasteiger partial charge in [-0.15, -0.1) is 0 Å². The number of halogens is 1. The third kappa shape index (κ3) is 3.23. The highest BCUT2D eigenvalue weighted by atomic mass is 35.5. The predicted octanol–water partition coefficient (Wildman–Crippen LogP) is 2.11. The molecule has 0 bridgehead atoms. The van der Waals surface area contributed by atoms with Gasteiger partial charge in [0, 0.05) is 18.9 Å². The van der Waals surface area contributed by atoms with E-state index in [9.17, 15) is 9.59 Å². The highest BCUT2D eigenvalue weighted by Crippen LogP contribution is 2.43. The molecule has 1 aliphatic carbocycles. The minimum absolute atomic E-state index is 0.0913. The standard InChI is InChI=1S/C13H15ClN2O3/c14-10-2-5-15-7-9(10)12(19)16-8-13(3-1-4-13)6-11(17)18/h2,5,7H,1,3-4,6,8H2,(H,16,19)(H,17,18). The van der Waals surface area contributed by atoms with E-state index >= 15 is 0 Å². The Morgan fingerprint density at radius 1 is 1.47 bits per heavy atom. The molecule has 1 heterocycles. The summed E-state index contributed by atoms with van der Waals surface area (Å²) in [6.45, 7) is 0.364. The van der Waals surface area contributed by atoms with Crippen molar-refractivity contribution >= 4 is 23.5 Å². The number of hydrogen-bond donors (Lipinski definition) is 2. The van der Waals surface area contributed by atoms with Crippen LogP contribution in [0.25, 0.3) is 0 Å². The molecule has 0 saturated heterocycles. The topological polar surface area (TPSA) is 79.3 Å². The summed E-state index contributed by atoms with van der Waals surface area (Å²) in [5.74, 6) is -1.14. The highest BCUT2D eigenvalue weighted by Gasteiger charge is 2.39. The molecule has 2 rings (SSSR count). The molecule has 19 heavy (non-hydrogen) atoms. The van der Waals surface area contributed by atoms with Gasteiger partial charge in [0.2, 0.25) is 0 Å². The van der Waals surface area contributed by atoms with Gasteiger partial charge < -0.3 is 10.4 Å². The number of amides is 1. The van der Waals surface area contributed by atoms with Crippen molar-refractivity contribution in [2.24, 2.45) is 5.41 Å². The third-order valence-electron chi connectivity index (χ3n) is 3.58. The average Bonchev–Trinajstić information content (AvgIpc) is 2.32. The first kappa shape index (κ1) is 13.8. The monoisotopic (exact) mass is 282 g/mol. The quantitative estimate of drug-likeness (QED) is 0.867. The fraction of sp³-hybridized carbons (Fsp3) is 0.462. The fourth-order valence-corrected chi connectivity index (χ4v) is 2.51. The lowest BCUT2D eigenvalue weighted by molar-refractivity contribution is -0.141.